The first-order valence-corrected chi connectivity index (χ1v) is 6.39. The Hall–Kier alpha value is -0.410. The monoisotopic (exact) mass is 287 g/mol. The first-order chi connectivity index (χ1) is 7.36. The van der Waals surface area contributed by atoms with E-state index in [1.54, 1.807) is 6.07 Å². The molecule has 0 aliphatic heterocycles. The van der Waals surface area contributed by atoms with Gasteiger partial charge >= 0.3 is 0 Å². The maximum Gasteiger partial charge on any atom is 0.124 e. The maximum atomic E-state index is 12.9. The van der Waals surface area contributed by atoms with Crippen LogP contribution in [0.25, 0.3) is 0 Å². The summed E-state index contributed by atoms with van der Waals surface area (Å²) in [5.74, 6) is 0.211. The van der Waals surface area contributed by atoms with Gasteiger partial charge in [-0.2, -0.15) is 0 Å². The first kappa shape index (κ1) is 13.7. The lowest BCUT2D eigenvalue weighted by atomic mass is 9.81. The van der Waals surface area contributed by atoms with Crippen LogP contribution >= 0.6 is 15.9 Å². The summed E-state index contributed by atoms with van der Waals surface area (Å²) < 4.78 is 13.7. The summed E-state index contributed by atoms with van der Waals surface area (Å²) in [5.41, 5.74) is 7.10. The quantitative estimate of drug-likeness (QED) is 0.893. The summed E-state index contributed by atoms with van der Waals surface area (Å²) in [5, 5.41) is 0. The molecular weight excluding hydrogens is 269 g/mol. The van der Waals surface area contributed by atoms with Crippen molar-refractivity contribution in [3.8, 4) is 0 Å². The molecule has 16 heavy (non-hydrogen) atoms. The van der Waals surface area contributed by atoms with Crippen LogP contribution in [0, 0.1) is 11.7 Å². The van der Waals surface area contributed by atoms with Crippen LogP contribution in [0.1, 0.15) is 32.8 Å². The Balaban J connectivity index is 2.87. The van der Waals surface area contributed by atoms with E-state index >= 15 is 0 Å². The van der Waals surface area contributed by atoms with Crippen LogP contribution < -0.4 is 5.73 Å². The lowest BCUT2D eigenvalue weighted by Gasteiger charge is -2.31. The van der Waals surface area contributed by atoms with Gasteiger partial charge in [0.1, 0.15) is 5.82 Å². The van der Waals surface area contributed by atoms with Crippen molar-refractivity contribution in [2.24, 2.45) is 11.7 Å². The number of nitrogens with two attached hydrogens (primary N) is 1. The van der Waals surface area contributed by atoms with Crippen molar-refractivity contribution >= 4 is 15.9 Å². The van der Waals surface area contributed by atoms with Gasteiger partial charge in [-0.1, -0.05) is 42.3 Å². The van der Waals surface area contributed by atoms with Crippen LogP contribution in [-0.2, 0) is 6.42 Å². The zero-order valence-electron chi connectivity index (χ0n) is 10.1. The summed E-state index contributed by atoms with van der Waals surface area (Å²) >= 11 is 3.38. The van der Waals surface area contributed by atoms with Gasteiger partial charge in [0.2, 0.25) is 0 Å². The van der Waals surface area contributed by atoms with E-state index in [2.05, 4.69) is 36.7 Å². The molecule has 2 atom stereocenters. The van der Waals surface area contributed by atoms with E-state index in [0.29, 0.717) is 5.92 Å². The van der Waals surface area contributed by atoms with Gasteiger partial charge in [0, 0.05) is 10.0 Å². The van der Waals surface area contributed by atoms with E-state index in [-0.39, 0.29) is 11.4 Å². The van der Waals surface area contributed by atoms with Gasteiger partial charge in [0.15, 0.2) is 0 Å². The van der Waals surface area contributed by atoms with E-state index in [0.717, 1.165) is 22.9 Å². The second-order valence-corrected chi connectivity index (χ2v) is 5.58. The molecule has 3 heteroatoms. The molecule has 0 spiro atoms. The van der Waals surface area contributed by atoms with Gasteiger partial charge in [0.05, 0.1) is 0 Å². The number of hydrogen-bond donors (Lipinski definition) is 1. The molecule has 2 unspecified atom stereocenters. The topological polar surface area (TPSA) is 26.0 Å². The Labute approximate surface area is 105 Å². The lowest BCUT2D eigenvalue weighted by molar-refractivity contribution is 0.306. The fraction of sp³-hybridized carbons (Fsp3) is 0.538. The summed E-state index contributed by atoms with van der Waals surface area (Å²) in [7, 11) is 0. The predicted molar refractivity (Wildman–Crippen MR) is 69.9 cm³/mol. The Kier molecular flexibility index (Phi) is 4.51. The molecule has 0 bridgehead atoms. The highest BCUT2D eigenvalue weighted by molar-refractivity contribution is 9.10. The molecule has 0 fully saturated rings. The summed E-state index contributed by atoms with van der Waals surface area (Å²) in [6.45, 7) is 6.34. The van der Waals surface area contributed by atoms with Crippen molar-refractivity contribution < 1.29 is 4.39 Å². The lowest BCUT2D eigenvalue weighted by Crippen LogP contribution is -2.44. The summed E-state index contributed by atoms with van der Waals surface area (Å²) in [4.78, 5) is 0. The molecule has 0 saturated carbocycles. The molecule has 1 rings (SSSR count). The highest BCUT2D eigenvalue weighted by atomic mass is 79.9. The molecule has 1 nitrogen and oxygen atoms in total. The van der Waals surface area contributed by atoms with Crippen molar-refractivity contribution in [2.75, 3.05) is 0 Å². The number of benzene rings is 1. The molecule has 0 aromatic heterocycles. The molecule has 1 aromatic rings. The maximum absolute atomic E-state index is 12.9. The highest BCUT2D eigenvalue weighted by Gasteiger charge is 2.26. The molecule has 90 valence electrons. The summed E-state index contributed by atoms with van der Waals surface area (Å²) in [6.07, 6.45) is 1.80. The SMILES string of the molecule is CCC(C)C(C)(N)Cc1ccc(F)cc1Br. The number of rotatable bonds is 4. The van der Waals surface area contributed by atoms with Crippen LogP contribution in [0.15, 0.2) is 22.7 Å². The van der Waals surface area contributed by atoms with Crippen LogP contribution in [-0.4, -0.2) is 5.54 Å². The minimum Gasteiger partial charge on any atom is -0.325 e. The second kappa shape index (κ2) is 5.28. The molecule has 0 amide bonds. The minimum atomic E-state index is -0.255. The average Bonchev–Trinajstić information content (AvgIpc) is 2.21. The van der Waals surface area contributed by atoms with Crippen molar-refractivity contribution in [3.63, 3.8) is 0 Å². The fourth-order valence-corrected chi connectivity index (χ4v) is 2.21. The van der Waals surface area contributed by atoms with Crippen molar-refractivity contribution in [1.29, 1.82) is 0 Å². The van der Waals surface area contributed by atoms with E-state index in [4.69, 9.17) is 5.73 Å². The van der Waals surface area contributed by atoms with E-state index in [1.165, 1.54) is 12.1 Å². The van der Waals surface area contributed by atoms with Crippen LogP contribution in [0.2, 0.25) is 0 Å². The molecule has 0 heterocycles. The van der Waals surface area contributed by atoms with E-state index in [1.807, 2.05) is 0 Å². The van der Waals surface area contributed by atoms with E-state index in [9.17, 15) is 4.39 Å². The van der Waals surface area contributed by atoms with Gasteiger partial charge in [-0.3, -0.25) is 0 Å². The second-order valence-electron chi connectivity index (χ2n) is 4.73. The van der Waals surface area contributed by atoms with Crippen LogP contribution in [0.4, 0.5) is 4.39 Å². The largest absolute Gasteiger partial charge is 0.325 e. The van der Waals surface area contributed by atoms with Gasteiger partial charge in [-0.15, -0.1) is 0 Å². The zero-order valence-corrected chi connectivity index (χ0v) is 11.6. The third kappa shape index (κ3) is 3.29. The Morgan fingerprint density at radius 2 is 2.12 bits per heavy atom. The van der Waals surface area contributed by atoms with Crippen LogP contribution in [0.3, 0.4) is 0 Å². The van der Waals surface area contributed by atoms with Crippen molar-refractivity contribution in [2.45, 2.75) is 39.2 Å². The molecule has 2 N–H and O–H groups in total. The summed E-state index contributed by atoms with van der Waals surface area (Å²) in [6, 6.07) is 4.77. The Morgan fingerprint density at radius 3 is 2.62 bits per heavy atom. The minimum absolute atomic E-state index is 0.224. The van der Waals surface area contributed by atoms with Crippen molar-refractivity contribution in [3.05, 3.63) is 34.1 Å². The Morgan fingerprint density at radius 1 is 1.50 bits per heavy atom. The third-order valence-corrected chi connectivity index (χ3v) is 4.06. The Bertz CT molecular complexity index is 363. The fourth-order valence-electron chi connectivity index (χ4n) is 1.72. The average molecular weight is 288 g/mol. The standard InChI is InChI=1S/C13H19BrFN/c1-4-9(2)13(3,16)8-10-5-6-11(15)7-12(10)14/h5-7,9H,4,8,16H2,1-3H3. The zero-order chi connectivity index (χ0) is 12.3. The van der Waals surface area contributed by atoms with E-state index < -0.39 is 0 Å². The number of hydrogen-bond acceptors (Lipinski definition) is 1. The normalized spacial score (nSPS) is 16.9. The van der Waals surface area contributed by atoms with Crippen LogP contribution in [0.5, 0.6) is 0 Å². The molecule has 0 saturated heterocycles. The van der Waals surface area contributed by atoms with Gasteiger partial charge in [-0.05, 0) is 37.0 Å². The van der Waals surface area contributed by atoms with Crippen molar-refractivity contribution in [1.82, 2.24) is 0 Å². The number of halogens is 2. The highest BCUT2D eigenvalue weighted by Crippen LogP contribution is 2.26. The molecule has 0 radical (unpaired) electrons. The molecular formula is C13H19BrFN. The first-order valence-electron chi connectivity index (χ1n) is 5.59. The third-order valence-electron chi connectivity index (χ3n) is 3.32. The van der Waals surface area contributed by atoms with Gasteiger partial charge < -0.3 is 5.73 Å². The smallest absolute Gasteiger partial charge is 0.124 e. The molecule has 0 aliphatic rings. The predicted octanol–water partition coefficient (Wildman–Crippen LogP) is 3.89. The molecule has 0 aliphatic carbocycles. The molecule has 1 aromatic carbocycles. The van der Waals surface area contributed by atoms with Gasteiger partial charge in [-0.25, -0.2) is 4.39 Å². The van der Waals surface area contributed by atoms with Gasteiger partial charge in [0.25, 0.3) is 0 Å².